The number of ether oxygens (including phenoxy) is 1. The minimum atomic E-state index is -0.477. The Morgan fingerprint density at radius 3 is 2.71 bits per heavy atom. The van der Waals surface area contributed by atoms with E-state index in [9.17, 15) is 4.79 Å². The summed E-state index contributed by atoms with van der Waals surface area (Å²) in [5, 5.41) is 11.0. The van der Waals surface area contributed by atoms with Crippen molar-refractivity contribution in [3.63, 3.8) is 0 Å². The number of pyridine rings is 1. The maximum absolute atomic E-state index is 12.3. The van der Waals surface area contributed by atoms with Crippen LogP contribution in [0.5, 0.6) is 0 Å². The predicted molar refractivity (Wildman–Crippen MR) is 118 cm³/mol. The number of piperidine rings is 1. The number of hydrogen-bond donors (Lipinski definition) is 1. The molecule has 31 heavy (non-hydrogen) atoms. The summed E-state index contributed by atoms with van der Waals surface area (Å²) < 4.78 is 7.33. The molecular formula is C23H26N6O2. The van der Waals surface area contributed by atoms with Crippen molar-refractivity contribution < 1.29 is 9.53 Å². The molecule has 4 heterocycles. The van der Waals surface area contributed by atoms with Gasteiger partial charge in [-0.1, -0.05) is 23.4 Å². The number of fused-ring (bicyclic) bond motifs is 3. The fourth-order valence-electron chi connectivity index (χ4n) is 4.21. The fourth-order valence-corrected chi connectivity index (χ4v) is 4.21. The summed E-state index contributed by atoms with van der Waals surface area (Å²) in [4.78, 5) is 21.9. The summed E-state index contributed by atoms with van der Waals surface area (Å²) in [6.45, 7) is 6.99. The lowest BCUT2D eigenvalue weighted by Gasteiger charge is -2.32. The summed E-state index contributed by atoms with van der Waals surface area (Å²) in [6.07, 6.45) is 5.24. The molecule has 5 rings (SSSR count). The van der Waals surface area contributed by atoms with Crippen molar-refractivity contribution in [2.45, 2.75) is 45.1 Å². The van der Waals surface area contributed by atoms with E-state index in [1.165, 1.54) is 0 Å². The zero-order valence-corrected chi connectivity index (χ0v) is 18.0. The summed E-state index contributed by atoms with van der Waals surface area (Å²) in [5.41, 5.74) is 3.31. The second-order valence-corrected chi connectivity index (χ2v) is 9.05. The lowest BCUT2D eigenvalue weighted by molar-refractivity contribution is 0.0204. The van der Waals surface area contributed by atoms with Crippen LogP contribution in [-0.2, 0) is 4.74 Å². The van der Waals surface area contributed by atoms with Gasteiger partial charge in [0.05, 0.1) is 23.0 Å². The number of nitrogens with one attached hydrogen (secondary N) is 1. The molecule has 1 aliphatic rings. The van der Waals surface area contributed by atoms with Crippen molar-refractivity contribution >= 4 is 28.0 Å². The molecule has 1 N–H and O–H groups in total. The van der Waals surface area contributed by atoms with Gasteiger partial charge in [-0.3, -0.25) is 0 Å². The molecule has 0 bridgehead atoms. The number of likely N-dealkylation sites (tertiary alicyclic amines) is 1. The third-order valence-electron chi connectivity index (χ3n) is 5.70. The van der Waals surface area contributed by atoms with Crippen molar-refractivity contribution in [3.05, 3.63) is 48.4 Å². The van der Waals surface area contributed by atoms with Gasteiger partial charge in [0.25, 0.3) is 0 Å². The molecule has 1 amide bonds. The first kappa shape index (κ1) is 19.5. The Morgan fingerprint density at radius 2 is 1.94 bits per heavy atom. The molecule has 0 aliphatic carbocycles. The maximum atomic E-state index is 12.3. The molecule has 0 atom stereocenters. The third kappa shape index (κ3) is 3.73. The quantitative estimate of drug-likeness (QED) is 0.521. The number of hydrogen-bond acceptors (Lipinski definition) is 5. The van der Waals surface area contributed by atoms with Gasteiger partial charge in [0, 0.05) is 36.1 Å². The van der Waals surface area contributed by atoms with Crippen LogP contribution in [0.25, 0.3) is 27.6 Å². The molecule has 1 saturated heterocycles. The normalized spacial score (nSPS) is 15.6. The largest absolute Gasteiger partial charge is 0.444 e. The van der Waals surface area contributed by atoms with E-state index in [0.717, 1.165) is 46.2 Å². The number of aromatic nitrogens is 5. The highest BCUT2D eigenvalue weighted by Gasteiger charge is 2.29. The smallest absolute Gasteiger partial charge is 0.410 e. The van der Waals surface area contributed by atoms with E-state index in [0.29, 0.717) is 13.1 Å². The second-order valence-electron chi connectivity index (χ2n) is 9.05. The standard InChI is InChI=1S/C23H26N6O2/c1-23(2,3)31-22(30)28-12-9-15(10-13-28)18-14-29(27-26-18)19-8-11-24-21-20(19)16-6-4-5-7-17(16)25-21/h4-8,11,14-15H,9-10,12-13H2,1-3H3,(H,24,25). The van der Waals surface area contributed by atoms with Crippen LogP contribution >= 0.6 is 0 Å². The van der Waals surface area contributed by atoms with E-state index < -0.39 is 5.60 Å². The summed E-state index contributed by atoms with van der Waals surface area (Å²) in [5.74, 6) is 0.271. The molecule has 1 aromatic carbocycles. The maximum Gasteiger partial charge on any atom is 0.410 e. The average molecular weight is 419 g/mol. The summed E-state index contributed by atoms with van der Waals surface area (Å²) in [6, 6.07) is 10.1. The lowest BCUT2D eigenvalue weighted by Crippen LogP contribution is -2.41. The number of carbonyl (C=O) groups excluding carboxylic acids is 1. The van der Waals surface area contributed by atoms with Crippen LogP contribution in [0.1, 0.15) is 45.2 Å². The van der Waals surface area contributed by atoms with Gasteiger partial charge in [-0.25, -0.2) is 14.5 Å². The van der Waals surface area contributed by atoms with Crippen LogP contribution in [0.4, 0.5) is 4.79 Å². The molecule has 8 heteroatoms. The van der Waals surface area contributed by atoms with Gasteiger partial charge in [0.1, 0.15) is 11.2 Å². The van der Waals surface area contributed by atoms with Gasteiger partial charge in [-0.05, 0) is 45.7 Å². The Labute approximate surface area is 180 Å². The number of rotatable bonds is 2. The number of H-pyrrole nitrogens is 1. The van der Waals surface area contributed by atoms with Crippen LogP contribution in [0.3, 0.4) is 0 Å². The van der Waals surface area contributed by atoms with Crippen LogP contribution in [0.15, 0.2) is 42.7 Å². The Morgan fingerprint density at radius 1 is 1.16 bits per heavy atom. The second kappa shape index (κ2) is 7.37. The van der Waals surface area contributed by atoms with Crippen molar-refractivity contribution in [3.8, 4) is 5.69 Å². The van der Waals surface area contributed by atoms with Gasteiger partial charge < -0.3 is 14.6 Å². The van der Waals surface area contributed by atoms with E-state index in [2.05, 4.69) is 26.3 Å². The molecule has 8 nitrogen and oxygen atoms in total. The monoisotopic (exact) mass is 418 g/mol. The summed E-state index contributed by atoms with van der Waals surface area (Å²) in [7, 11) is 0. The van der Waals surface area contributed by atoms with Gasteiger partial charge in [-0.15, -0.1) is 5.10 Å². The first-order valence-corrected chi connectivity index (χ1v) is 10.6. The van der Waals surface area contributed by atoms with Gasteiger partial charge in [0.15, 0.2) is 0 Å². The van der Waals surface area contributed by atoms with Gasteiger partial charge >= 0.3 is 6.09 Å². The molecule has 1 aliphatic heterocycles. The van der Waals surface area contributed by atoms with Crippen LogP contribution < -0.4 is 0 Å². The Kier molecular flexibility index (Phi) is 4.64. The molecule has 0 saturated carbocycles. The van der Waals surface area contributed by atoms with Crippen molar-refractivity contribution in [2.24, 2.45) is 0 Å². The number of carbonyl (C=O) groups is 1. The Hall–Kier alpha value is -3.42. The van der Waals surface area contributed by atoms with Gasteiger partial charge in [0.2, 0.25) is 0 Å². The molecule has 3 aromatic heterocycles. The zero-order chi connectivity index (χ0) is 21.6. The number of amides is 1. The first-order valence-electron chi connectivity index (χ1n) is 10.6. The molecule has 0 radical (unpaired) electrons. The number of nitrogens with zero attached hydrogens (tertiary/aromatic N) is 5. The SMILES string of the molecule is CC(C)(C)OC(=O)N1CCC(c2cn(-c3ccnc4[nH]c5ccccc5c34)nn2)CC1. The highest BCUT2D eigenvalue weighted by atomic mass is 16.6. The molecule has 0 spiro atoms. The highest BCUT2D eigenvalue weighted by molar-refractivity contribution is 6.09. The lowest BCUT2D eigenvalue weighted by atomic mass is 9.94. The average Bonchev–Trinajstić information content (AvgIpc) is 3.37. The topological polar surface area (TPSA) is 88.9 Å². The number of aromatic amines is 1. The number of para-hydroxylation sites is 1. The van der Waals surface area contributed by atoms with E-state index in [4.69, 9.17) is 4.74 Å². The van der Waals surface area contributed by atoms with Crippen molar-refractivity contribution in [1.29, 1.82) is 0 Å². The number of benzene rings is 1. The third-order valence-corrected chi connectivity index (χ3v) is 5.70. The van der Waals surface area contributed by atoms with Crippen LogP contribution in [0, 0.1) is 0 Å². The van der Waals surface area contributed by atoms with E-state index in [-0.39, 0.29) is 12.0 Å². The minimum Gasteiger partial charge on any atom is -0.444 e. The molecular weight excluding hydrogens is 392 g/mol. The van der Waals surface area contributed by atoms with Crippen molar-refractivity contribution in [2.75, 3.05) is 13.1 Å². The van der Waals surface area contributed by atoms with Crippen molar-refractivity contribution in [1.82, 2.24) is 29.9 Å². The highest BCUT2D eigenvalue weighted by Crippen LogP contribution is 2.31. The molecule has 1 fully saturated rings. The van der Waals surface area contributed by atoms with Gasteiger partial charge in [-0.2, -0.15) is 0 Å². The Balaban J connectivity index is 1.37. The molecule has 4 aromatic rings. The van der Waals surface area contributed by atoms with Crippen LogP contribution in [0.2, 0.25) is 0 Å². The minimum absolute atomic E-state index is 0.242. The fraction of sp³-hybridized carbons (Fsp3) is 0.391. The van der Waals surface area contributed by atoms with E-state index >= 15 is 0 Å². The summed E-state index contributed by atoms with van der Waals surface area (Å²) >= 11 is 0. The predicted octanol–water partition coefficient (Wildman–Crippen LogP) is 4.41. The zero-order valence-electron chi connectivity index (χ0n) is 18.0. The van der Waals surface area contributed by atoms with E-state index in [1.807, 2.05) is 55.9 Å². The van der Waals surface area contributed by atoms with E-state index in [1.54, 1.807) is 11.1 Å². The molecule has 160 valence electrons. The Bertz CT molecular complexity index is 1240. The molecule has 0 unspecified atom stereocenters. The first-order chi connectivity index (χ1) is 14.9. The van der Waals surface area contributed by atoms with Crippen LogP contribution in [-0.4, -0.2) is 54.6 Å².